The molecule has 5 atom stereocenters. The SMILES string of the molecule is COCC1[C@@H](O)C2C(=C(O)[C@]1(O)C(=O)CCO)C(=O)c1c(ccc(NC(=O)CCl)c1O)[C@@H]2C. The molecule has 0 aromatic heterocycles. The molecule has 3 rings (SSSR count). The summed E-state index contributed by atoms with van der Waals surface area (Å²) in [6.45, 7) is 0.721. The number of benzene rings is 1. The Balaban J connectivity index is 2.25. The number of hydrogen-bond acceptors (Lipinski definition) is 9. The van der Waals surface area contributed by atoms with Gasteiger partial charge in [-0.3, -0.25) is 14.4 Å². The van der Waals surface area contributed by atoms with Crippen molar-refractivity contribution >= 4 is 34.8 Å². The van der Waals surface area contributed by atoms with Crippen molar-refractivity contribution in [3.05, 3.63) is 34.6 Å². The molecule has 33 heavy (non-hydrogen) atoms. The fraction of sp³-hybridized carbons (Fsp3) is 0.500. The van der Waals surface area contributed by atoms with Crippen LogP contribution < -0.4 is 5.32 Å². The molecule has 0 aliphatic heterocycles. The molecule has 0 saturated carbocycles. The van der Waals surface area contributed by atoms with E-state index in [9.17, 15) is 39.9 Å². The number of halogens is 1. The van der Waals surface area contributed by atoms with E-state index in [1.54, 1.807) is 6.92 Å². The number of aliphatic hydroxyl groups excluding tert-OH is 3. The molecular weight excluding hydrogens is 458 g/mol. The summed E-state index contributed by atoms with van der Waals surface area (Å²) in [7, 11) is 1.29. The first kappa shape index (κ1) is 25.1. The molecule has 6 N–H and O–H groups in total. The first-order valence-corrected chi connectivity index (χ1v) is 10.8. The number of rotatable bonds is 7. The van der Waals surface area contributed by atoms with E-state index >= 15 is 0 Å². The van der Waals surface area contributed by atoms with Gasteiger partial charge in [-0.15, -0.1) is 11.6 Å². The highest BCUT2D eigenvalue weighted by Gasteiger charge is 2.60. The highest BCUT2D eigenvalue weighted by Crippen LogP contribution is 2.53. The summed E-state index contributed by atoms with van der Waals surface area (Å²) in [4.78, 5) is 37.9. The average Bonchev–Trinajstić information content (AvgIpc) is 2.78. The summed E-state index contributed by atoms with van der Waals surface area (Å²) in [5, 5.41) is 55.8. The molecule has 2 unspecified atom stereocenters. The van der Waals surface area contributed by atoms with E-state index in [4.69, 9.17) is 16.3 Å². The fourth-order valence-electron chi connectivity index (χ4n) is 4.88. The molecule has 0 saturated heterocycles. The Morgan fingerprint density at radius 3 is 2.52 bits per heavy atom. The number of carbonyl (C=O) groups is 3. The molecule has 1 aromatic carbocycles. The predicted octanol–water partition coefficient (Wildman–Crippen LogP) is 0.617. The maximum Gasteiger partial charge on any atom is 0.239 e. The highest BCUT2D eigenvalue weighted by molar-refractivity contribution is 6.29. The van der Waals surface area contributed by atoms with Crippen LogP contribution in [0.5, 0.6) is 5.75 Å². The topological polar surface area (TPSA) is 174 Å². The second-order valence-corrected chi connectivity index (χ2v) is 8.50. The molecule has 0 heterocycles. The summed E-state index contributed by atoms with van der Waals surface area (Å²) in [6, 6.07) is 2.89. The first-order chi connectivity index (χ1) is 15.6. The fourth-order valence-corrected chi connectivity index (χ4v) is 4.95. The standard InChI is InChI=1S/C22H26ClNO9/c1-9-10-3-4-12(24-14(27)7-23)19(29)16(10)20(30)17-15(9)18(28)11(8-33-2)22(32,21(17)31)13(26)5-6-25/h3-4,9,11,15,18,25,28-29,31-32H,5-8H2,1-2H3,(H,24,27)/t9-,11?,15?,18+,22+/m0/s1. The van der Waals surface area contributed by atoms with Gasteiger partial charge in [-0.1, -0.05) is 13.0 Å². The highest BCUT2D eigenvalue weighted by atomic mass is 35.5. The van der Waals surface area contributed by atoms with E-state index in [2.05, 4.69) is 5.32 Å². The number of ketones is 2. The van der Waals surface area contributed by atoms with Crippen molar-refractivity contribution in [1.82, 2.24) is 0 Å². The van der Waals surface area contributed by atoms with Crippen LogP contribution in [0.15, 0.2) is 23.5 Å². The van der Waals surface area contributed by atoms with Gasteiger partial charge < -0.3 is 35.6 Å². The summed E-state index contributed by atoms with van der Waals surface area (Å²) >= 11 is 5.49. The molecule has 1 amide bonds. The number of phenols is 1. The number of phenolic OH excluding ortho intramolecular Hbond substituents is 1. The number of anilines is 1. The zero-order chi connectivity index (χ0) is 24.7. The smallest absolute Gasteiger partial charge is 0.239 e. The van der Waals surface area contributed by atoms with Gasteiger partial charge in [0.15, 0.2) is 22.9 Å². The van der Waals surface area contributed by atoms with E-state index in [-0.39, 0.29) is 23.7 Å². The quantitative estimate of drug-likeness (QED) is 0.240. The molecule has 2 aliphatic rings. The Kier molecular flexibility index (Phi) is 7.15. The monoisotopic (exact) mass is 483 g/mol. The molecular formula is C22H26ClNO9. The lowest BCUT2D eigenvalue weighted by Crippen LogP contribution is -2.61. The molecule has 0 bridgehead atoms. The first-order valence-electron chi connectivity index (χ1n) is 10.3. The summed E-state index contributed by atoms with van der Waals surface area (Å²) in [5.74, 6) is -7.40. The van der Waals surface area contributed by atoms with Crippen LogP contribution in [0.25, 0.3) is 0 Å². The van der Waals surface area contributed by atoms with Gasteiger partial charge in [0, 0.05) is 25.0 Å². The molecule has 10 nitrogen and oxygen atoms in total. The lowest BCUT2D eigenvalue weighted by atomic mass is 9.59. The number of Topliss-reactive ketones (excluding diaryl/α,β-unsaturated/α-hetero) is 2. The predicted molar refractivity (Wildman–Crippen MR) is 116 cm³/mol. The summed E-state index contributed by atoms with van der Waals surface area (Å²) in [5.41, 5.74) is -3.07. The largest absolute Gasteiger partial charge is 0.508 e. The van der Waals surface area contributed by atoms with Gasteiger partial charge in [-0.05, 0) is 17.5 Å². The summed E-state index contributed by atoms with van der Waals surface area (Å²) < 4.78 is 5.07. The van der Waals surface area contributed by atoms with Gasteiger partial charge in [-0.2, -0.15) is 0 Å². The number of alkyl halides is 1. The van der Waals surface area contributed by atoms with Gasteiger partial charge in [0.25, 0.3) is 0 Å². The Morgan fingerprint density at radius 2 is 1.94 bits per heavy atom. The number of aromatic hydroxyl groups is 1. The van der Waals surface area contributed by atoms with Crippen LogP contribution in [-0.4, -0.2) is 80.9 Å². The number of ether oxygens (including phenoxy) is 1. The van der Waals surface area contributed by atoms with Crippen molar-refractivity contribution in [2.75, 3.05) is 31.5 Å². The Labute approximate surface area is 194 Å². The van der Waals surface area contributed by atoms with Gasteiger partial charge in [0.05, 0.1) is 36.5 Å². The van der Waals surface area contributed by atoms with Crippen molar-refractivity contribution in [1.29, 1.82) is 0 Å². The second kappa shape index (κ2) is 9.40. The number of carbonyl (C=O) groups excluding carboxylic acids is 3. The van der Waals surface area contributed by atoms with Crippen LogP contribution in [0.3, 0.4) is 0 Å². The number of fused-ring (bicyclic) bond motifs is 2. The van der Waals surface area contributed by atoms with Crippen LogP contribution in [0, 0.1) is 11.8 Å². The molecule has 180 valence electrons. The van der Waals surface area contributed by atoms with Gasteiger partial charge in [0.1, 0.15) is 11.6 Å². The van der Waals surface area contributed by atoms with Crippen molar-refractivity contribution in [3.63, 3.8) is 0 Å². The third-order valence-corrected chi connectivity index (χ3v) is 6.73. The van der Waals surface area contributed by atoms with Crippen LogP contribution in [0.1, 0.15) is 35.2 Å². The Hall–Kier alpha value is -2.50. The Morgan fingerprint density at radius 1 is 1.27 bits per heavy atom. The van der Waals surface area contributed by atoms with Crippen molar-refractivity contribution in [2.45, 2.75) is 31.0 Å². The number of hydrogen-bond donors (Lipinski definition) is 6. The van der Waals surface area contributed by atoms with Crippen LogP contribution in [0.2, 0.25) is 0 Å². The minimum absolute atomic E-state index is 0.0845. The minimum Gasteiger partial charge on any atom is -0.508 e. The van der Waals surface area contributed by atoms with Gasteiger partial charge >= 0.3 is 0 Å². The third kappa shape index (κ3) is 3.81. The number of amides is 1. The molecule has 2 aliphatic carbocycles. The molecule has 11 heteroatoms. The average molecular weight is 484 g/mol. The number of methoxy groups -OCH3 is 1. The van der Waals surface area contributed by atoms with E-state index in [0.717, 1.165) is 0 Å². The minimum atomic E-state index is -2.68. The van der Waals surface area contributed by atoms with E-state index < -0.39 is 77.0 Å². The Bertz CT molecular complexity index is 1020. The van der Waals surface area contributed by atoms with Crippen LogP contribution in [-0.2, 0) is 14.3 Å². The summed E-state index contributed by atoms with van der Waals surface area (Å²) in [6.07, 6.45) is -2.01. The molecule has 0 fully saturated rings. The molecule has 1 aromatic rings. The maximum atomic E-state index is 13.5. The van der Waals surface area contributed by atoms with Gasteiger partial charge in [0.2, 0.25) is 5.91 Å². The van der Waals surface area contributed by atoms with Crippen molar-refractivity contribution < 1.29 is 44.7 Å². The zero-order valence-corrected chi connectivity index (χ0v) is 18.8. The van der Waals surface area contributed by atoms with Gasteiger partial charge in [-0.25, -0.2) is 0 Å². The number of nitrogens with one attached hydrogen (secondary N) is 1. The maximum absolute atomic E-state index is 13.5. The molecule has 0 spiro atoms. The molecule has 0 radical (unpaired) electrons. The normalized spacial score (nSPS) is 28.8. The van der Waals surface area contributed by atoms with Crippen LogP contribution >= 0.6 is 11.6 Å². The lowest BCUT2D eigenvalue weighted by molar-refractivity contribution is -0.160. The number of aliphatic hydroxyl groups is 4. The van der Waals surface area contributed by atoms with E-state index in [1.807, 2.05) is 0 Å². The lowest BCUT2D eigenvalue weighted by Gasteiger charge is -2.48. The zero-order valence-electron chi connectivity index (χ0n) is 18.0. The van der Waals surface area contributed by atoms with E-state index in [1.165, 1.54) is 19.2 Å². The van der Waals surface area contributed by atoms with E-state index in [0.29, 0.717) is 5.56 Å². The third-order valence-electron chi connectivity index (χ3n) is 6.48. The van der Waals surface area contributed by atoms with Crippen molar-refractivity contribution in [2.24, 2.45) is 11.8 Å². The second-order valence-electron chi connectivity index (χ2n) is 8.23. The van der Waals surface area contributed by atoms with Crippen LogP contribution in [0.4, 0.5) is 5.69 Å². The van der Waals surface area contributed by atoms with Crippen molar-refractivity contribution in [3.8, 4) is 5.75 Å².